The van der Waals surface area contributed by atoms with E-state index in [9.17, 15) is 0 Å². The summed E-state index contributed by atoms with van der Waals surface area (Å²) in [4.78, 5) is 3.21. The third-order valence-electron chi connectivity index (χ3n) is 2.00. The summed E-state index contributed by atoms with van der Waals surface area (Å²) in [6, 6.07) is 14.1. The lowest BCUT2D eigenvalue weighted by molar-refractivity contribution is 1.38. The maximum atomic E-state index is 4.96. The van der Waals surface area contributed by atoms with Gasteiger partial charge in [-0.15, -0.1) is 12.6 Å². The second-order valence-corrected chi connectivity index (χ2v) is 4.11. The first-order valence-electron chi connectivity index (χ1n) is 4.25. The standard InChI is InChI=1S/C11H9NS2/c13-11(14)10-7-6-9(12-10)8-4-2-1-3-5-8/h1-7,12H,(H,13,14). The lowest BCUT2D eigenvalue weighted by Gasteiger charge is -1.96. The van der Waals surface area contributed by atoms with Crippen LogP contribution in [0.2, 0.25) is 0 Å². The Morgan fingerprint density at radius 3 is 2.36 bits per heavy atom. The number of thiol groups is 1. The molecule has 0 amide bonds. The second kappa shape index (κ2) is 3.98. The molecule has 1 aromatic carbocycles. The van der Waals surface area contributed by atoms with E-state index in [0.717, 1.165) is 17.0 Å². The summed E-state index contributed by atoms with van der Waals surface area (Å²) in [5, 5.41) is 0. The summed E-state index contributed by atoms with van der Waals surface area (Å²) in [6.45, 7) is 0. The fourth-order valence-electron chi connectivity index (χ4n) is 1.31. The third-order valence-corrected chi connectivity index (χ3v) is 2.46. The molecule has 0 aliphatic rings. The first-order chi connectivity index (χ1) is 6.77. The van der Waals surface area contributed by atoms with Crippen molar-refractivity contribution in [2.45, 2.75) is 0 Å². The molecule has 0 spiro atoms. The third kappa shape index (κ3) is 1.89. The highest BCUT2D eigenvalue weighted by atomic mass is 32.1. The normalized spacial score (nSPS) is 10.1. The molecule has 0 fully saturated rings. The molecule has 0 atom stereocenters. The molecule has 1 nitrogen and oxygen atoms in total. The Bertz CT molecular complexity index is 445. The Labute approximate surface area is 93.6 Å². The predicted molar refractivity (Wildman–Crippen MR) is 66.9 cm³/mol. The molecule has 2 rings (SSSR count). The van der Waals surface area contributed by atoms with Gasteiger partial charge in [0.2, 0.25) is 0 Å². The number of aromatic nitrogens is 1. The van der Waals surface area contributed by atoms with Crippen LogP contribution in [-0.4, -0.2) is 9.18 Å². The highest BCUT2D eigenvalue weighted by Gasteiger charge is 2.01. The van der Waals surface area contributed by atoms with Gasteiger partial charge >= 0.3 is 0 Å². The molecule has 1 aromatic heterocycles. The molecule has 0 bridgehead atoms. The minimum absolute atomic E-state index is 0.590. The van der Waals surface area contributed by atoms with Crippen molar-refractivity contribution >= 4 is 29.0 Å². The van der Waals surface area contributed by atoms with Crippen LogP contribution in [0.4, 0.5) is 0 Å². The van der Waals surface area contributed by atoms with Crippen molar-refractivity contribution in [3.05, 3.63) is 48.2 Å². The van der Waals surface area contributed by atoms with E-state index in [-0.39, 0.29) is 0 Å². The molecule has 1 N–H and O–H groups in total. The van der Waals surface area contributed by atoms with Gasteiger partial charge in [-0.3, -0.25) is 0 Å². The number of nitrogens with one attached hydrogen (secondary N) is 1. The first-order valence-corrected chi connectivity index (χ1v) is 5.10. The van der Waals surface area contributed by atoms with Crippen LogP contribution in [0.15, 0.2) is 42.5 Å². The molecule has 70 valence electrons. The molecule has 3 heteroatoms. The van der Waals surface area contributed by atoms with Gasteiger partial charge in [-0.2, -0.15) is 0 Å². The SMILES string of the molecule is S=C(S)c1ccc(-c2ccccc2)[nH]1. The Kier molecular flexibility index (Phi) is 2.70. The number of thiocarbonyl (C=S) groups is 1. The molecule has 14 heavy (non-hydrogen) atoms. The zero-order chi connectivity index (χ0) is 9.97. The van der Waals surface area contributed by atoms with Crippen LogP contribution in [0.5, 0.6) is 0 Å². The maximum absolute atomic E-state index is 4.96. The predicted octanol–water partition coefficient (Wildman–Crippen LogP) is 3.29. The number of hydrogen-bond donors (Lipinski definition) is 2. The van der Waals surface area contributed by atoms with Crippen molar-refractivity contribution in [3.63, 3.8) is 0 Å². The molecule has 0 unspecified atom stereocenters. The topological polar surface area (TPSA) is 15.8 Å². The Hall–Kier alpha value is -1.06. The summed E-state index contributed by atoms with van der Waals surface area (Å²) in [5.41, 5.74) is 3.11. The van der Waals surface area contributed by atoms with Crippen molar-refractivity contribution in [1.29, 1.82) is 0 Å². The Morgan fingerprint density at radius 1 is 1.07 bits per heavy atom. The van der Waals surface area contributed by atoms with Gasteiger partial charge in [0.1, 0.15) is 0 Å². The van der Waals surface area contributed by atoms with E-state index < -0.39 is 0 Å². The van der Waals surface area contributed by atoms with E-state index in [1.807, 2.05) is 30.3 Å². The largest absolute Gasteiger partial charge is 0.353 e. The summed E-state index contributed by atoms with van der Waals surface area (Å²) >= 11 is 9.07. The van der Waals surface area contributed by atoms with Crippen LogP contribution in [-0.2, 0) is 0 Å². The number of benzene rings is 1. The van der Waals surface area contributed by atoms with E-state index in [1.165, 1.54) is 0 Å². The molecule has 2 aromatic rings. The smallest absolute Gasteiger partial charge is 0.0910 e. The summed E-state index contributed by atoms with van der Waals surface area (Å²) < 4.78 is 0.590. The van der Waals surface area contributed by atoms with Crippen molar-refractivity contribution in [2.75, 3.05) is 0 Å². The van der Waals surface area contributed by atoms with Gasteiger partial charge < -0.3 is 4.98 Å². The number of aromatic amines is 1. The lowest BCUT2D eigenvalue weighted by atomic mass is 10.2. The van der Waals surface area contributed by atoms with Crippen LogP contribution >= 0.6 is 24.8 Å². The second-order valence-electron chi connectivity index (χ2n) is 2.96. The van der Waals surface area contributed by atoms with E-state index in [4.69, 9.17) is 12.2 Å². The van der Waals surface area contributed by atoms with Crippen molar-refractivity contribution in [1.82, 2.24) is 4.98 Å². The monoisotopic (exact) mass is 219 g/mol. The zero-order valence-corrected chi connectivity index (χ0v) is 9.11. The number of rotatable bonds is 2. The van der Waals surface area contributed by atoms with Crippen molar-refractivity contribution in [2.24, 2.45) is 0 Å². The molecular formula is C11H9NS2. The minimum Gasteiger partial charge on any atom is -0.353 e. The van der Waals surface area contributed by atoms with Gasteiger partial charge in [0.25, 0.3) is 0 Å². The van der Waals surface area contributed by atoms with Crippen LogP contribution in [0.1, 0.15) is 5.69 Å². The highest BCUT2D eigenvalue weighted by molar-refractivity contribution is 8.11. The van der Waals surface area contributed by atoms with Gasteiger partial charge in [-0.05, 0) is 17.7 Å². The van der Waals surface area contributed by atoms with Crippen molar-refractivity contribution < 1.29 is 0 Å². The lowest BCUT2D eigenvalue weighted by Crippen LogP contribution is -1.86. The van der Waals surface area contributed by atoms with E-state index >= 15 is 0 Å². The number of H-pyrrole nitrogens is 1. The Balaban J connectivity index is 2.39. The van der Waals surface area contributed by atoms with Crippen LogP contribution in [0.3, 0.4) is 0 Å². The quantitative estimate of drug-likeness (QED) is 0.585. The van der Waals surface area contributed by atoms with Crippen molar-refractivity contribution in [3.8, 4) is 11.3 Å². The van der Waals surface area contributed by atoms with Gasteiger partial charge in [0.05, 0.1) is 9.89 Å². The summed E-state index contributed by atoms with van der Waals surface area (Å²) in [5.74, 6) is 0. The van der Waals surface area contributed by atoms with Crippen LogP contribution in [0.25, 0.3) is 11.3 Å². The van der Waals surface area contributed by atoms with Gasteiger partial charge in [-0.1, -0.05) is 42.5 Å². The maximum Gasteiger partial charge on any atom is 0.0910 e. The molecule has 0 aliphatic carbocycles. The van der Waals surface area contributed by atoms with Gasteiger partial charge in [-0.25, -0.2) is 0 Å². The fraction of sp³-hybridized carbons (Fsp3) is 0. The summed E-state index contributed by atoms with van der Waals surface area (Å²) in [7, 11) is 0. The zero-order valence-electron chi connectivity index (χ0n) is 7.40. The Morgan fingerprint density at radius 2 is 1.79 bits per heavy atom. The number of hydrogen-bond acceptors (Lipinski definition) is 1. The molecule has 0 aliphatic heterocycles. The van der Waals surface area contributed by atoms with Gasteiger partial charge in [0, 0.05) is 5.69 Å². The van der Waals surface area contributed by atoms with E-state index in [0.29, 0.717) is 4.20 Å². The average Bonchev–Trinajstić information content (AvgIpc) is 2.68. The minimum atomic E-state index is 0.590. The fourth-order valence-corrected chi connectivity index (χ4v) is 1.56. The molecule has 0 saturated carbocycles. The van der Waals surface area contributed by atoms with E-state index in [2.05, 4.69) is 29.7 Å². The van der Waals surface area contributed by atoms with Gasteiger partial charge in [0.15, 0.2) is 0 Å². The first kappa shape index (κ1) is 9.49. The van der Waals surface area contributed by atoms with Crippen LogP contribution in [0, 0.1) is 0 Å². The molecule has 1 heterocycles. The summed E-state index contributed by atoms with van der Waals surface area (Å²) in [6.07, 6.45) is 0. The molecule has 0 radical (unpaired) electrons. The molecular weight excluding hydrogens is 210 g/mol. The highest BCUT2D eigenvalue weighted by Crippen LogP contribution is 2.18. The van der Waals surface area contributed by atoms with Crippen LogP contribution < -0.4 is 0 Å². The van der Waals surface area contributed by atoms with E-state index in [1.54, 1.807) is 0 Å². The molecule has 0 saturated heterocycles. The average molecular weight is 219 g/mol.